The van der Waals surface area contributed by atoms with E-state index in [0.717, 1.165) is 25.3 Å². The van der Waals surface area contributed by atoms with Crippen molar-refractivity contribution in [2.24, 2.45) is 0 Å². The molecule has 1 N–H and O–H groups in total. The fourth-order valence-corrected chi connectivity index (χ4v) is 3.25. The molecule has 0 unspecified atom stereocenters. The molecule has 4 heteroatoms. The summed E-state index contributed by atoms with van der Waals surface area (Å²) >= 11 is 0. The molecule has 3 rings (SSSR count). The van der Waals surface area contributed by atoms with Gasteiger partial charge in [-0.15, -0.1) is 0 Å². The van der Waals surface area contributed by atoms with Gasteiger partial charge in [0, 0.05) is 19.6 Å². The highest BCUT2D eigenvalue weighted by molar-refractivity contribution is 5.78. The van der Waals surface area contributed by atoms with Crippen molar-refractivity contribution in [3.8, 4) is 5.75 Å². The third kappa shape index (κ3) is 7.09. The molecular formula is C25H28N2O2. The molecule has 0 aliphatic rings. The van der Waals surface area contributed by atoms with Gasteiger partial charge in [-0.2, -0.15) is 0 Å². The predicted molar refractivity (Wildman–Crippen MR) is 117 cm³/mol. The smallest absolute Gasteiger partial charge is 0.234 e. The quantitative estimate of drug-likeness (QED) is 0.570. The van der Waals surface area contributed by atoms with Crippen LogP contribution in [0, 0.1) is 0 Å². The number of amides is 1. The van der Waals surface area contributed by atoms with E-state index >= 15 is 0 Å². The maximum Gasteiger partial charge on any atom is 0.234 e. The van der Waals surface area contributed by atoms with Crippen molar-refractivity contribution in [1.29, 1.82) is 0 Å². The van der Waals surface area contributed by atoms with Gasteiger partial charge in [-0.3, -0.25) is 9.69 Å². The van der Waals surface area contributed by atoms with E-state index in [1.807, 2.05) is 60.7 Å². The van der Waals surface area contributed by atoms with Gasteiger partial charge in [0.2, 0.25) is 5.91 Å². The monoisotopic (exact) mass is 388 g/mol. The van der Waals surface area contributed by atoms with E-state index in [0.29, 0.717) is 13.1 Å². The summed E-state index contributed by atoms with van der Waals surface area (Å²) in [6, 6.07) is 28.5. The Kier molecular flexibility index (Phi) is 7.84. The average Bonchev–Trinajstić information content (AvgIpc) is 2.75. The Morgan fingerprint density at radius 1 is 0.793 bits per heavy atom. The van der Waals surface area contributed by atoms with Crippen molar-refractivity contribution in [3.63, 3.8) is 0 Å². The number of ether oxygens (including phenoxy) is 1. The van der Waals surface area contributed by atoms with Crippen LogP contribution in [-0.4, -0.2) is 31.0 Å². The van der Waals surface area contributed by atoms with E-state index in [-0.39, 0.29) is 5.91 Å². The van der Waals surface area contributed by atoms with Gasteiger partial charge in [-0.1, -0.05) is 72.8 Å². The van der Waals surface area contributed by atoms with E-state index in [4.69, 9.17) is 4.74 Å². The Labute approximate surface area is 173 Å². The zero-order valence-corrected chi connectivity index (χ0v) is 16.9. The maximum absolute atomic E-state index is 12.6. The first kappa shape index (κ1) is 20.6. The topological polar surface area (TPSA) is 41.6 Å². The molecule has 29 heavy (non-hydrogen) atoms. The minimum Gasteiger partial charge on any atom is -0.497 e. The molecule has 0 heterocycles. The van der Waals surface area contributed by atoms with E-state index in [9.17, 15) is 4.79 Å². The molecule has 0 saturated carbocycles. The molecule has 150 valence electrons. The van der Waals surface area contributed by atoms with E-state index < -0.39 is 0 Å². The Hall–Kier alpha value is -3.11. The van der Waals surface area contributed by atoms with Crippen LogP contribution in [0.1, 0.15) is 16.7 Å². The lowest BCUT2D eigenvalue weighted by molar-refractivity contribution is -0.122. The lowest BCUT2D eigenvalue weighted by Gasteiger charge is -2.22. The second-order valence-electron chi connectivity index (χ2n) is 7.06. The molecule has 0 aliphatic carbocycles. The number of carbonyl (C=O) groups excluding carboxylic acids is 1. The zero-order valence-electron chi connectivity index (χ0n) is 16.9. The number of hydrogen-bond donors (Lipinski definition) is 1. The number of nitrogens with one attached hydrogen (secondary N) is 1. The maximum atomic E-state index is 12.6. The molecule has 3 aromatic carbocycles. The molecule has 4 nitrogen and oxygen atoms in total. The summed E-state index contributed by atoms with van der Waals surface area (Å²) in [5, 5.41) is 3.05. The molecule has 0 radical (unpaired) electrons. The minimum absolute atomic E-state index is 0.0466. The summed E-state index contributed by atoms with van der Waals surface area (Å²) in [4.78, 5) is 14.7. The first-order valence-electron chi connectivity index (χ1n) is 9.93. The highest BCUT2D eigenvalue weighted by atomic mass is 16.5. The number of nitrogens with zero attached hydrogens (tertiary/aromatic N) is 1. The minimum atomic E-state index is 0.0466. The zero-order chi connectivity index (χ0) is 20.3. The van der Waals surface area contributed by atoms with Crippen molar-refractivity contribution in [2.45, 2.75) is 19.5 Å². The van der Waals surface area contributed by atoms with Gasteiger partial charge in [-0.05, 0) is 35.2 Å². The molecule has 0 spiro atoms. The molecule has 0 saturated heterocycles. The van der Waals surface area contributed by atoms with Crippen LogP contribution in [0.15, 0.2) is 84.9 Å². The van der Waals surface area contributed by atoms with Crippen LogP contribution in [0.3, 0.4) is 0 Å². The first-order chi connectivity index (χ1) is 14.2. The predicted octanol–water partition coefficient (Wildman–Crippen LogP) is 4.06. The summed E-state index contributed by atoms with van der Waals surface area (Å²) in [6.07, 6.45) is 0.799. The molecule has 0 atom stereocenters. The largest absolute Gasteiger partial charge is 0.497 e. The highest BCUT2D eigenvalue weighted by Gasteiger charge is 2.12. The van der Waals surface area contributed by atoms with Gasteiger partial charge >= 0.3 is 0 Å². The average molecular weight is 389 g/mol. The van der Waals surface area contributed by atoms with Crippen LogP contribution in [0.2, 0.25) is 0 Å². The molecule has 0 aliphatic heterocycles. The van der Waals surface area contributed by atoms with Crippen LogP contribution in [0.25, 0.3) is 0 Å². The number of benzene rings is 3. The van der Waals surface area contributed by atoms with Gasteiger partial charge in [0.15, 0.2) is 0 Å². The molecule has 3 aromatic rings. The second-order valence-corrected chi connectivity index (χ2v) is 7.06. The Balaban J connectivity index is 1.53. The summed E-state index contributed by atoms with van der Waals surface area (Å²) in [6.45, 7) is 2.46. The van der Waals surface area contributed by atoms with Crippen molar-refractivity contribution >= 4 is 5.91 Å². The normalized spacial score (nSPS) is 10.7. The fourth-order valence-electron chi connectivity index (χ4n) is 3.25. The second kappa shape index (κ2) is 11.0. The molecule has 1 amide bonds. The lowest BCUT2D eigenvalue weighted by Crippen LogP contribution is -2.37. The SMILES string of the molecule is COc1ccc(CCNC(=O)CN(Cc2ccccc2)Cc2ccccc2)cc1. The number of methoxy groups -OCH3 is 1. The van der Waals surface area contributed by atoms with Crippen molar-refractivity contribution < 1.29 is 9.53 Å². The Bertz CT molecular complexity index is 823. The Morgan fingerprint density at radius 3 is 1.86 bits per heavy atom. The van der Waals surface area contributed by atoms with Crippen molar-refractivity contribution in [3.05, 3.63) is 102 Å². The van der Waals surface area contributed by atoms with Crippen LogP contribution in [0.5, 0.6) is 5.75 Å². The van der Waals surface area contributed by atoms with E-state index in [1.165, 1.54) is 16.7 Å². The van der Waals surface area contributed by atoms with Crippen LogP contribution >= 0.6 is 0 Å². The van der Waals surface area contributed by atoms with E-state index in [2.05, 4.69) is 34.5 Å². The molecule has 0 fully saturated rings. The third-order valence-corrected chi connectivity index (χ3v) is 4.76. The van der Waals surface area contributed by atoms with Gasteiger partial charge in [-0.25, -0.2) is 0 Å². The first-order valence-corrected chi connectivity index (χ1v) is 9.93. The van der Waals surface area contributed by atoms with Crippen LogP contribution in [-0.2, 0) is 24.3 Å². The number of rotatable bonds is 10. The van der Waals surface area contributed by atoms with Crippen LogP contribution < -0.4 is 10.1 Å². The van der Waals surface area contributed by atoms with Gasteiger partial charge < -0.3 is 10.1 Å². The number of carbonyl (C=O) groups is 1. The molecule has 0 aromatic heterocycles. The van der Waals surface area contributed by atoms with E-state index in [1.54, 1.807) is 7.11 Å². The van der Waals surface area contributed by atoms with Crippen LogP contribution in [0.4, 0.5) is 0 Å². The number of hydrogen-bond acceptors (Lipinski definition) is 3. The van der Waals surface area contributed by atoms with Gasteiger partial charge in [0.1, 0.15) is 5.75 Å². The third-order valence-electron chi connectivity index (χ3n) is 4.76. The van der Waals surface area contributed by atoms with Gasteiger partial charge in [0.25, 0.3) is 0 Å². The summed E-state index contributed by atoms with van der Waals surface area (Å²) in [5.41, 5.74) is 3.58. The highest BCUT2D eigenvalue weighted by Crippen LogP contribution is 2.12. The van der Waals surface area contributed by atoms with Gasteiger partial charge in [0.05, 0.1) is 13.7 Å². The lowest BCUT2D eigenvalue weighted by atomic mass is 10.1. The standard InChI is InChI=1S/C25H28N2O2/c1-29-24-14-12-21(13-15-24)16-17-26-25(28)20-27(18-22-8-4-2-5-9-22)19-23-10-6-3-7-11-23/h2-15H,16-20H2,1H3,(H,26,28). The fraction of sp³-hybridized carbons (Fsp3) is 0.240. The summed E-state index contributed by atoms with van der Waals surface area (Å²) in [5.74, 6) is 0.889. The summed E-state index contributed by atoms with van der Waals surface area (Å²) < 4.78 is 5.18. The molecule has 0 bridgehead atoms. The molecular weight excluding hydrogens is 360 g/mol. The Morgan fingerprint density at radius 2 is 1.34 bits per heavy atom. The van der Waals surface area contributed by atoms with Crippen molar-refractivity contribution in [2.75, 3.05) is 20.2 Å². The summed E-state index contributed by atoms with van der Waals surface area (Å²) in [7, 11) is 1.66. The van der Waals surface area contributed by atoms with Crippen molar-refractivity contribution in [1.82, 2.24) is 10.2 Å².